The molecule has 0 aliphatic heterocycles. The van der Waals surface area contributed by atoms with E-state index in [0.717, 1.165) is 33.0 Å². The van der Waals surface area contributed by atoms with Crippen molar-refractivity contribution >= 4 is 21.7 Å². The maximum atomic E-state index is 13.0. The predicted octanol–water partition coefficient (Wildman–Crippen LogP) is 4.21. The normalized spacial score (nSPS) is 11.0. The number of fused-ring (bicyclic) bond motifs is 3. The van der Waals surface area contributed by atoms with Gasteiger partial charge in [0.15, 0.2) is 0 Å². The van der Waals surface area contributed by atoms with Gasteiger partial charge in [-0.1, -0.05) is 48.5 Å². The fourth-order valence-corrected chi connectivity index (χ4v) is 3.17. The van der Waals surface area contributed by atoms with Crippen LogP contribution in [-0.4, -0.2) is 11.7 Å². The smallest absolute Gasteiger partial charge is 0.259 e. The summed E-state index contributed by atoms with van der Waals surface area (Å²) < 4.78 is 7.05. The largest absolute Gasteiger partial charge is 0.497 e. The van der Waals surface area contributed by atoms with E-state index in [-0.39, 0.29) is 5.56 Å². The Morgan fingerprint density at radius 3 is 2.12 bits per heavy atom. The van der Waals surface area contributed by atoms with E-state index in [4.69, 9.17) is 4.74 Å². The summed E-state index contributed by atoms with van der Waals surface area (Å²) in [4.78, 5) is 13.0. The van der Waals surface area contributed by atoms with Gasteiger partial charge in [-0.05, 0) is 35.2 Å². The lowest BCUT2D eigenvalue weighted by atomic mass is 10.1. The molecular formula is C21H17NO2. The Hall–Kier alpha value is -3.07. The zero-order valence-corrected chi connectivity index (χ0v) is 13.4. The molecule has 0 unspecified atom stereocenters. The number of methoxy groups -OCH3 is 1. The molecule has 4 aromatic rings. The van der Waals surface area contributed by atoms with Crippen molar-refractivity contribution in [1.29, 1.82) is 0 Å². The maximum Gasteiger partial charge on any atom is 0.259 e. The zero-order valence-electron chi connectivity index (χ0n) is 13.4. The third-order valence-corrected chi connectivity index (χ3v) is 4.39. The average molecular weight is 315 g/mol. The first kappa shape index (κ1) is 14.5. The van der Waals surface area contributed by atoms with Gasteiger partial charge in [0.25, 0.3) is 5.56 Å². The van der Waals surface area contributed by atoms with E-state index in [1.807, 2.05) is 71.3 Å². The molecule has 0 saturated heterocycles. The minimum absolute atomic E-state index is 0.0418. The van der Waals surface area contributed by atoms with Gasteiger partial charge < -0.3 is 9.30 Å². The van der Waals surface area contributed by atoms with Crippen LogP contribution < -0.4 is 10.3 Å². The number of hydrogen-bond donors (Lipinski definition) is 0. The molecule has 0 fully saturated rings. The summed E-state index contributed by atoms with van der Waals surface area (Å²) in [5.74, 6) is 0.814. The number of aromatic nitrogens is 1. The van der Waals surface area contributed by atoms with Gasteiger partial charge >= 0.3 is 0 Å². The first-order valence-electron chi connectivity index (χ1n) is 7.91. The van der Waals surface area contributed by atoms with Gasteiger partial charge in [-0.2, -0.15) is 0 Å². The molecular weight excluding hydrogens is 298 g/mol. The Labute approximate surface area is 139 Å². The van der Waals surface area contributed by atoms with E-state index in [9.17, 15) is 4.79 Å². The van der Waals surface area contributed by atoms with Crippen molar-refractivity contribution in [3.8, 4) is 5.75 Å². The van der Waals surface area contributed by atoms with Crippen LogP contribution in [0.4, 0.5) is 0 Å². The molecule has 24 heavy (non-hydrogen) atoms. The summed E-state index contributed by atoms with van der Waals surface area (Å²) in [6.45, 7) is 0.536. The second-order valence-corrected chi connectivity index (χ2v) is 5.80. The molecule has 3 nitrogen and oxygen atoms in total. The lowest BCUT2D eigenvalue weighted by Crippen LogP contribution is -2.21. The van der Waals surface area contributed by atoms with Gasteiger partial charge in [-0.3, -0.25) is 4.79 Å². The van der Waals surface area contributed by atoms with E-state index in [2.05, 4.69) is 6.07 Å². The van der Waals surface area contributed by atoms with E-state index < -0.39 is 0 Å². The molecule has 0 aliphatic rings. The molecule has 1 aromatic heterocycles. The topological polar surface area (TPSA) is 31.2 Å². The highest BCUT2D eigenvalue weighted by molar-refractivity contribution is 6.05. The Kier molecular flexibility index (Phi) is 3.54. The SMILES string of the molecule is COc1ccc(Cn2c(=O)c3ccccc3c3ccccc32)cc1. The van der Waals surface area contributed by atoms with Crippen LogP contribution in [0.15, 0.2) is 77.6 Å². The van der Waals surface area contributed by atoms with Crippen LogP contribution in [0, 0.1) is 0 Å². The molecule has 118 valence electrons. The van der Waals surface area contributed by atoms with Crippen LogP contribution in [0.5, 0.6) is 5.75 Å². The fourth-order valence-electron chi connectivity index (χ4n) is 3.17. The minimum atomic E-state index is 0.0418. The van der Waals surface area contributed by atoms with Gasteiger partial charge in [0.2, 0.25) is 0 Å². The van der Waals surface area contributed by atoms with Gasteiger partial charge in [-0.15, -0.1) is 0 Å². The van der Waals surface area contributed by atoms with Crippen molar-refractivity contribution in [3.05, 3.63) is 88.7 Å². The Morgan fingerprint density at radius 1 is 0.792 bits per heavy atom. The van der Waals surface area contributed by atoms with Gasteiger partial charge in [-0.25, -0.2) is 0 Å². The molecule has 0 N–H and O–H groups in total. The first-order chi connectivity index (χ1) is 11.8. The van der Waals surface area contributed by atoms with Crippen molar-refractivity contribution < 1.29 is 4.74 Å². The van der Waals surface area contributed by atoms with Crippen LogP contribution in [0.1, 0.15) is 5.56 Å². The lowest BCUT2D eigenvalue weighted by Gasteiger charge is -2.13. The Morgan fingerprint density at radius 2 is 1.42 bits per heavy atom. The summed E-state index contributed by atoms with van der Waals surface area (Å²) in [7, 11) is 1.65. The van der Waals surface area contributed by atoms with Crippen LogP contribution in [0.25, 0.3) is 21.7 Å². The molecule has 1 heterocycles. The Bertz CT molecular complexity index is 1080. The number of para-hydroxylation sites is 1. The number of pyridine rings is 1. The second kappa shape index (κ2) is 5.85. The van der Waals surface area contributed by atoms with Crippen molar-refractivity contribution in [2.75, 3.05) is 7.11 Å². The van der Waals surface area contributed by atoms with Crippen molar-refractivity contribution in [2.24, 2.45) is 0 Å². The third kappa shape index (κ3) is 2.35. The zero-order chi connectivity index (χ0) is 16.5. The van der Waals surface area contributed by atoms with Crippen LogP contribution in [-0.2, 0) is 6.54 Å². The first-order valence-corrected chi connectivity index (χ1v) is 7.91. The van der Waals surface area contributed by atoms with E-state index in [1.54, 1.807) is 7.11 Å². The van der Waals surface area contributed by atoms with E-state index in [1.165, 1.54) is 0 Å². The van der Waals surface area contributed by atoms with Crippen LogP contribution >= 0.6 is 0 Å². The Balaban J connectivity index is 1.95. The van der Waals surface area contributed by atoms with Gasteiger partial charge in [0.1, 0.15) is 5.75 Å². The molecule has 3 heteroatoms. The van der Waals surface area contributed by atoms with Crippen molar-refractivity contribution in [2.45, 2.75) is 6.54 Å². The highest BCUT2D eigenvalue weighted by Crippen LogP contribution is 2.23. The molecule has 0 spiro atoms. The molecule has 3 aromatic carbocycles. The number of ether oxygens (including phenoxy) is 1. The molecule has 0 atom stereocenters. The molecule has 0 aliphatic carbocycles. The number of hydrogen-bond acceptors (Lipinski definition) is 2. The average Bonchev–Trinajstić information content (AvgIpc) is 2.65. The lowest BCUT2D eigenvalue weighted by molar-refractivity contribution is 0.414. The van der Waals surface area contributed by atoms with E-state index >= 15 is 0 Å². The number of rotatable bonds is 3. The molecule has 0 radical (unpaired) electrons. The van der Waals surface area contributed by atoms with Crippen molar-refractivity contribution in [1.82, 2.24) is 4.57 Å². The third-order valence-electron chi connectivity index (χ3n) is 4.39. The monoisotopic (exact) mass is 315 g/mol. The minimum Gasteiger partial charge on any atom is -0.497 e. The number of benzene rings is 3. The maximum absolute atomic E-state index is 13.0. The summed E-state index contributed by atoms with van der Waals surface area (Å²) >= 11 is 0. The molecule has 4 rings (SSSR count). The fraction of sp³-hybridized carbons (Fsp3) is 0.0952. The highest BCUT2D eigenvalue weighted by atomic mass is 16.5. The molecule has 0 bridgehead atoms. The quantitative estimate of drug-likeness (QED) is 0.530. The predicted molar refractivity (Wildman–Crippen MR) is 97.8 cm³/mol. The molecule has 0 amide bonds. The highest BCUT2D eigenvalue weighted by Gasteiger charge is 2.10. The molecule has 0 saturated carbocycles. The summed E-state index contributed by atoms with van der Waals surface area (Å²) in [5, 5.41) is 2.86. The van der Waals surface area contributed by atoms with Crippen molar-refractivity contribution in [3.63, 3.8) is 0 Å². The van der Waals surface area contributed by atoms with Crippen LogP contribution in [0.3, 0.4) is 0 Å². The van der Waals surface area contributed by atoms with E-state index in [0.29, 0.717) is 6.54 Å². The summed E-state index contributed by atoms with van der Waals surface area (Å²) in [5.41, 5.74) is 2.07. The standard InChI is InChI=1S/C21H17NO2/c1-24-16-12-10-15(11-13-16)14-22-20-9-5-4-7-18(20)17-6-2-3-8-19(17)21(22)23/h2-13H,14H2,1H3. The number of nitrogens with zero attached hydrogens (tertiary/aromatic N) is 1. The summed E-state index contributed by atoms with van der Waals surface area (Å²) in [6.07, 6.45) is 0. The van der Waals surface area contributed by atoms with Crippen LogP contribution in [0.2, 0.25) is 0 Å². The van der Waals surface area contributed by atoms with Gasteiger partial charge in [0.05, 0.1) is 19.2 Å². The summed E-state index contributed by atoms with van der Waals surface area (Å²) in [6, 6.07) is 23.7. The second-order valence-electron chi connectivity index (χ2n) is 5.80. The van der Waals surface area contributed by atoms with Gasteiger partial charge in [0, 0.05) is 10.8 Å².